The molecule has 0 amide bonds. The molecule has 0 saturated heterocycles. The van der Waals surface area contributed by atoms with Gasteiger partial charge in [0.2, 0.25) is 0 Å². The highest BCUT2D eigenvalue weighted by Crippen LogP contribution is 2.35. The highest BCUT2D eigenvalue weighted by molar-refractivity contribution is 6.02. The normalized spacial score (nSPS) is 17.3. The number of nitrogens with zero attached hydrogens (tertiary/aromatic N) is 2. The number of benzene rings is 1. The topological polar surface area (TPSA) is 44.1 Å². The summed E-state index contributed by atoms with van der Waals surface area (Å²) in [5.41, 5.74) is 3.06. The summed E-state index contributed by atoms with van der Waals surface area (Å²) < 4.78 is 7.06. The van der Waals surface area contributed by atoms with Crippen LogP contribution in [0.1, 0.15) is 47.3 Å². The van der Waals surface area contributed by atoms with Crippen LogP contribution in [0, 0.1) is 0 Å². The quantitative estimate of drug-likeness (QED) is 0.810. The lowest BCUT2D eigenvalue weighted by molar-refractivity contribution is 0.0937. The average molecular weight is 284 g/mol. The third-order valence-corrected chi connectivity index (χ3v) is 4.24. The van der Waals surface area contributed by atoms with Gasteiger partial charge in [-0.1, -0.05) is 24.3 Å². The van der Waals surface area contributed by atoms with Crippen molar-refractivity contribution in [3.05, 3.63) is 47.3 Å². The van der Waals surface area contributed by atoms with Crippen LogP contribution < -0.4 is 4.74 Å². The number of rotatable bonds is 4. The number of Topliss-reactive ketones (excluding diaryl/α,β-unsaturated/α-hetero) is 1. The van der Waals surface area contributed by atoms with Gasteiger partial charge in [-0.25, -0.2) is 0 Å². The summed E-state index contributed by atoms with van der Waals surface area (Å²) >= 11 is 0. The van der Waals surface area contributed by atoms with Crippen LogP contribution >= 0.6 is 0 Å². The molecule has 3 rings (SSSR count). The Morgan fingerprint density at radius 1 is 1.43 bits per heavy atom. The highest BCUT2D eigenvalue weighted by atomic mass is 16.5. The molecule has 0 bridgehead atoms. The second-order valence-corrected chi connectivity index (χ2v) is 5.39. The zero-order chi connectivity index (χ0) is 14.8. The van der Waals surface area contributed by atoms with Gasteiger partial charge in [-0.15, -0.1) is 0 Å². The number of carbonyl (C=O) groups is 1. The minimum absolute atomic E-state index is 0.0779. The Morgan fingerprint density at radius 3 is 3.00 bits per heavy atom. The van der Waals surface area contributed by atoms with Crippen LogP contribution in [0.3, 0.4) is 0 Å². The SMILES string of the molecule is CCn1ncc(OC)c1C(=O)C1CCCc2ccccc21. The predicted octanol–water partition coefficient (Wildman–Crippen LogP) is 3.21. The maximum absolute atomic E-state index is 13.0. The molecule has 2 aromatic rings. The van der Waals surface area contributed by atoms with E-state index in [0.29, 0.717) is 18.0 Å². The lowest BCUT2D eigenvalue weighted by Crippen LogP contribution is -2.22. The van der Waals surface area contributed by atoms with E-state index in [4.69, 9.17) is 4.74 Å². The van der Waals surface area contributed by atoms with Crippen molar-refractivity contribution in [1.29, 1.82) is 0 Å². The van der Waals surface area contributed by atoms with Crippen LogP contribution in [0.2, 0.25) is 0 Å². The monoisotopic (exact) mass is 284 g/mol. The van der Waals surface area contributed by atoms with Gasteiger partial charge in [-0.2, -0.15) is 5.10 Å². The summed E-state index contributed by atoms with van der Waals surface area (Å²) in [5, 5.41) is 4.25. The molecule has 1 aromatic heterocycles. The van der Waals surface area contributed by atoms with Crippen LogP contribution in [0.25, 0.3) is 0 Å². The Kier molecular flexibility index (Phi) is 3.78. The van der Waals surface area contributed by atoms with E-state index in [9.17, 15) is 4.79 Å². The van der Waals surface area contributed by atoms with Crippen molar-refractivity contribution < 1.29 is 9.53 Å². The van der Waals surface area contributed by atoms with Crippen molar-refractivity contribution in [2.24, 2.45) is 0 Å². The molecule has 1 heterocycles. The number of methoxy groups -OCH3 is 1. The molecule has 0 N–H and O–H groups in total. The summed E-state index contributed by atoms with van der Waals surface area (Å²) in [6.07, 6.45) is 4.64. The van der Waals surface area contributed by atoms with Gasteiger partial charge < -0.3 is 4.74 Å². The molecule has 1 aromatic carbocycles. The summed E-state index contributed by atoms with van der Waals surface area (Å²) in [7, 11) is 1.59. The van der Waals surface area contributed by atoms with Crippen LogP contribution in [0.4, 0.5) is 0 Å². The minimum atomic E-state index is -0.0779. The predicted molar refractivity (Wildman–Crippen MR) is 80.9 cm³/mol. The van der Waals surface area contributed by atoms with Crippen molar-refractivity contribution >= 4 is 5.78 Å². The van der Waals surface area contributed by atoms with Crippen molar-refractivity contribution in [3.8, 4) is 5.75 Å². The Morgan fingerprint density at radius 2 is 2.24 bits per heavy atom. The number of carbonyl (C=O) groups excluding carboxylic acids is 1. The van der Waals surface area contributed by atoms with Crippen LogP contribution in [-0.2, 0) is 13.0 Å². The van der Waals surface area contributed by atoms with E-state index in [2.05, 4.69) is 17.2 Å². The van der Waals surface area contributed by atoms with Gasteiger partial charge in [0.15, 0.2) is 11.5 Å². The van der Waals surface area contributed by atoms with Crippen molar-refractivity contribution in [2.75, 3.05) is 7.11 Å². The number of ketones is 1. The van der Waals surface area contributed by atoms with Crippen LogP contribution in [-0.4, -0.2) is 22.7 Å². The van der Waals surface area contributed by atoms with E-state index in [0.717, 1.165) is 19.3 Å². The average Bonchev–Trinajstić information content (AvgIpc) is 2.96. The lowest BCUT2D eigenvalue weighted by atomic mass is 9.79. The first-order chi connectivity index (χ1) is 10.3. The fraction of sp³-hybridized carbons (Fsp3) is 0.412. The second kappa shape index (κ2) is 5.72. The Bertz CT molecular complexity index is 639. The molecule has 0 spiro atoms. The molecule has 1 aliphatic carbocycles. The van der Waals surface area contributed by atoms with Crippen LogP contribution in [0.5, 0.6) is 5.75 Å². The van der Waals surface area contributed by atoms with E-state index in [1.807, 2.05) is 19.1 Å². The molecule has 0 fully saturated rings. The lowest BCUT2D eigenvalue weighted by Gasteiger charge is -2.24. The number of hydrogen-bond acceptors (Lipinski definition) is 3. The van der Waals surface area contributed by atoms with E-state index in [-0.39, 0.29) is 11.7 Å². The smallest absolute Gasteiger partial charge is 0.192 e. The highest BCUT2D eigenvalue weighted by Gasteiger charge is 2.31. The molecule has 0 saturated carbocycles. The fourth-order valence-electron chi connectivity index (χ4n) is 3.20. The van der Waals surface area contributed by atoms with Crippen LogP contribution in [0.15, 0.2) is 30.5 Å². The summed E-state index contributed by atoms with van der Waals surface area (Å²) in [5.74, 6) is 0.620. The Hall–Kier alpha value is -2.10. The molecule has 4 heteroatoms. The third-order valence-electron chi connectivity index (χ3n) is 4.24. The number of aryl methyl sites for hydroxylation is 2. The molecule has 1 unspecified atom stereocenters. The molecule has 0 aliphatic heterocycles. The van der Waals surface area contributed by atoms with Crippen molar-refractivity contribution in [3.63, 3.8) is 0 Å². The first kappa shape index (κ1) is 13.9. The molecular formula is C17H20N2O2. The molecule has 0 radical (unpaired) electrons. The molecule has 1 aliphatic rings. The minimum Gasteiger partial charge on any atom is -0.493 e. The van der Waals surface area contributed by atoms with Crippen molar-refractivity contribution in [2.45, 2.75) is 38.6 Å². The van der Waals surface area contributed by atoms with E-state index in [1.165, 1.54) is 11.1 Å². The maximum atomic E-state index is 13.0. The Balaban J connectivity index is 2.02. The summed E-state index contributed by atoms with van der Waals surface area (Å²) in [4.78, 5) is 13.0. The summed E-state index contributed by atoms with van der Waals surface area (Å²) in [6.45, 7) is 2.65. The third kappa shape index (κ3) is 2.35. The zero-order valence-corrected chi connectivity index (χ0v) is 12.5. The van der Waals surface area contributed by atoms with Gasteiger partial charge in [0.05, 0.1) is 13.3 Å². The summed E-state index contributed by atoms with van der Waals surface area (Å²) in [6, 6.07) is 8.26. The van der Waals surface area contributed by atoms with Gasteiger partial charge >= 0.3 is 0 Å². The molecular weight excluding hydrogens is 264 g/mol. The van der Waals surface area contributed by atoms with E-state index < -0.39 is 0 Å². The van der Waals surface area contributed by atoms with Gasteiger partial charge in [-0.05, 0) is 37.3 Å². The van der Waals surface area contributed by atoms with E-state index in [1.54, 1.807) is 18.0 Å². The molecule has 21 heavy (non-hydrogen) atoms. The van der Waals surface area contributed by atoms with E-state index >= 15 is 0 Å². The number of fused-ring (bicyclic) bond motifs is 1. The molecule has 4 nitrogen and oxygen atoms in total. The second-order valence-electron chi connectivity index (χ2n) is 5.39. The van der Waals surface area contributed by atoms with Crippen molar-refractivity contribution in [1.82, 2.24) is 9.78 Å². The first-order valence-corrected chi connectivity index (χ1v) is 7.48. The number of ether oxygens (including phenoxy) is 1. The first-order valence-electron chi connectivity index (χ1n) is 7.48. The number of aromatic nitrogens is 2. The zero-order valence-electron chi connectivity index (χ0n) is 12.5. The standard InChI is InChI=1S/C17H20N2O2/c1-3-19-16(15(21-2)11-18-19)17(20)14-10-6-8-12-7-4-5-9-13(12)14/h4-5,7,9,11,14H,3,6,8,10H2,1-2H3. The maximum Gasteiger partial charge on any atom is 0.192 e. The Labute approximate surface area is 124 Å². The fourth-order valence-corrected chi connectivity index (χ4v) is 3.20. The largest absolute Gasteiger partial charge is 0.493 e. The molecule has 1 atom stereocenters. The number of hydrogen-bond donors (Lipinski definition) is 0. The molecule has 110 valence electrons. The van der Waals surface area contributed by atoms with Gasteiger partial charge in [0.1, 0.15) is 5.69 Å². The van der Waals surface area contributed by atoms with Gasteiger partial charge in [0, 0.05) is 12.5 Å². The van der Waals surface area contributed by atoms with Gasteiger partial charge in [0.25, 0.3) is 0 Å². The van der Waals surface area contributed by atoms with Gasteiger partial charge in [-0.3, -0.25) is 9.48 Å².